The summed E-state index contributed by atoms with van der Waals surface area (Å²) < 4.78 is 28.8. The van der Waals surface area contributed by atoms with Crippen molar-refractivity contribution in [2.75, 3.05) is 10.8 Å². The number of nitrogens with one attached hydrogen (secondary N) is 1. The average Bonchev–Trinajstić information content (AvgIpc) is 3.45. The Labute approximate surface area is 256 Å². The summed E-state index contributed by atoms with van der Waals surface area (Å²) >= 11 is 18.4. The van der Waals surface area contributed by atoms with E-state index in [2.05, 4.69) is 5.32 Å². The second-order valence-corrected chi connectivity index (χ2v) is 13.4. The number of halogens is 3. The Kier molecular flexibility index (Phi) is 10.2. The van der Waals surface area contributed by atoms with Gasteiger partial charge in [-0.15, -0.1) is 0 Å². The molecule has 0 bridgehead atoms. The van der Waals surface area contributed by atoms with Crippen molar-refractivity contribution in [3.05, 3.63) is 92.9 Å². The summed E-state index contributed by atoms with van der Waals surface area (Å²) in [5.41, 5.74) is 1.80. The molecule has 0 spiro atoms. The summed E-state index contributed by atoms with van der Waals surface area (Å²) in [6, 6.07) is 16.9. The molecule has 1 N–H and O–H groups in total. The monoisotopic (exact) mass is 635 g/mol. The van der Waals surface area contributed by atoms with E-state index < -0.39 is 28.5 Å². The highest BCUT2D eigenvalue weighted by Crippen LogP contribution is 2.31. The van der Waals surface area contributed by atoms with Gasteiger partial charge in [0.25, 0.3) is 10.0 Å². The molecule has 3 aromatic carbocycles. The van der Waals surface area contributed by atoms with E-state index >= 15 is 0 Å². The molecule has 0 aromatic heterocycles. The molecule has 11 heteroatoms. The third kappa shape index (κ3) is 7.74. The Morgan fingerprint density at radius 2 is 1.56 bits per heavy atom. The molecule has 218 valence electrons. The van der Waals surface area contributed by atoms with Gasteiger partial charge in [-0.1, -0.05) is 77.5 Å². The molecule has 0 saturated heterocycles. The van der Waals surface area contributed by atoms with Crippen LogP contribution in [0.2, 0.25) is 15.1 Å². The van der Waals surface area contributed by atoms with Gasteiger partial charge in [-0.3, -0.25) is 13.9 Å². The smallest absolute Gasteiger partial charge is 0.264 e. The third-order valence-electron chi connectivity index (χ3n) is 7.21. The van der Waals surface area contributed by atoms with Crippen molar-refractivity contribution in [3.8, 4) is 0 Å². The first kappa shape index (κ1) is 31.2. The van der Waals surface area contributed by atoms with Gasteiger partial charge in [0, 0.05) is 17.6 Å². The zero-order chi connectivity index (χ0) is 29.7. The number of carbonyl (C=O) groups is 2. The Balaban J connectivity index is 1.70. The maximum Gasteiger partial charge on any atom is 0.264 e. The fraction of sp³-hybridized carbons (Fsp3) is 0.333. The van der Waals surface area contributed by atoms with Crippen molar-refractivity contribution in [1.29, 1.82) is 0 Å². The Hall–Kier alpha value is -2.78. The number of amides is 2. The minimum atomic E-state index is -4.21. The number of hydrogen-bond donors (Lipinski definition) is 1. The van der Waals surface area contributed by atoms with Crippen molar-refractivity contribution in [1.82, 2.24) is 10.2 Å². The second kappa shape index (κ2) is 13.5. The molecule has 0 aliphatic heterocycles. The molecule has 0 heterocycles. The molecule has 41 heavy (non-hydrogen) atoms. The van der Waals surface area contributed by atoms with E-state index in [9.17, 15) is 18.0 Å². The molecule has 7 nitrogen and oxygen atoms in total. The van der Waals surface area contributed by atoms with Gasteiger partial charge in [0.2, 0.25) is 11.8 Å². The largest absolute Gasteiger partial charge is 0.352 e. The van der Waals surface area contributed by atoms with Crippen molar-refractivity contribution >= 4 is 62.3 Å². The third-order valence-corrected chi connectivity index (χ3v) is 9.99. The van der Waals surface area contributed by atoms with E-state index in [-0.39, 0.29) is 39.1 Å². The molecule has 0 radical (unpaired) electrons. The molecule has 1 aliphatic rings. The van der Waals surface area contributed by atoms with Crippen LogP contribution in [0.3, 0.4) is 0 Å². The summed E-state index contributed by atoms with van der Waals surface area (Å²) in [6.45, 7) is 3.01. The molecular weight excluding hydrogens is 605 g/mol. The van der Waals surface area contributed by atoms with E-state index in [0.29, 0.717) is 5.02 Å². The van der Waals surface area contributed by atoms with E-state index in [4.69, 9.17) is 34.8 Å². The summed E-state index contributed by atoms with van der Waals surface area (Å²) in [6.07, 6.45) is 3.87. The van der Waals surface area contributed by atoms with Gasteiger partial charge in [0.15, 0.2) is 0 Å². The summed E-state index contributed by atoms with van der Waals surface area (Å²) in [5.74, 6) is -0.850. The van der Waals surface area contributed by atoms with E-state index in [1.807, 2.05) is 6.92 Å². The average molecular weight is 637 g/mol. The Bertz CT molecular complexity index is 1490. The van der Waals surface area contributed by atoms with Gasteiger partial charge < -0.3 is 10.2 Å². The van der Waals surface area contributed by atoms with Crippen molar-refractivity contribution in [3.63, 3.8) is 0 Å². The van der Waals surface area contributed by atoms with Gasteiger partial charge >= 0.3 is 0 Å². The van der Waals surface area contributed by atoms with Crippen LogP contribution in [0.25, 0.3) is 0 Å². The second-order valence-electron chi connectivity index (χ2n) is 10.2. The molecule has 3 aromatic rings. The van der Waals surface area contributed by atoms with Crippen molar-refractivity contribution < 1.29 is 18.0 Å². The quantitative estimate of drug-likeness (QED) is 0.271. The van der Waals surface area contributed by atoms with Gasteiger partial charge in [0.05, 0.1) is 20.6 Å². The lowest BCUT2D eigenvalue weighted by Gasteiger charge is -2.32. The van der Waals surface area contributed by atoms with Crippen LogP contribution in [0, 0.1) is 6.92 Å². The number of rotatable bonds is 10. The van der Waals surface area contributed by atoms with Crippen LogP contribution < -0.4 is 9.62 Å². The minimum Gasteiger partial charge on any atom is -0.352 e. The predicted octanol–water partition coefficient (Wildman–Crippen LogP) is 6.63. The SMILES string of the molecule is Cc1ccc(S(=O)(=O)N(CC(=O)N(Cc2ccc(Cl)cc2)[C@H](C)C(=O)NC2CCCC2)c2ccc(Cl)c(Cl)c2)cc1. The fourth-order valence-corrected chi connectivity index (χ4v) is 6.59. The highest BCUT2D eigenvalue weighted by molar-refractivity contribution is 7.92. The number of sulfonamides is 1. The number of aryl methyl sites for hydroxylation is 1. The standard InChI is InChI=1S/C30H32Cl3N3O4S/c1-20-7-14-26(15-8-20)41(39,40)36(25-13-16-27(32)28(33)17-25)19-29(37)35(18-22-9-11-23(31)12-10-22)21(2)30(38)34-24-5-3-4-6-24/h7-17,21,24H,3-6,18-19H2,1-2H3,(H,34,38)/t21-/m1/s1. The fourth-order valence-electron chi connectivity index (χ4n) is 4.77. The molecule has 1 aliphatic carbocycles. The normalized spacial score (nSPS) is 14.5. The van der Waals surface area contributed by atoms with E-state index in [1.165, 1.54) is 35.2 Å². The van der Waals surface area contributed by atoms with Crippen molar-refractivity contribution in [2.24, 2.45) is 0 Å². The molecule has 1 fully saturated rings. The minimum absolute atomic E-state index is 0.0123. The van der Waals surface area contributed by atoms with Gasteiger partial charge in [-0.25, -0.2) is 8.42 Å². The Morgan fingerprint density at radius 1 is 0.927 bits per heavy atom. The molecule has 0 unspecified atom stereocenters. The first-order valence-corrected chi connectivity index (χ1v) is 15.9. The lowest BCUT2D eigenvalue weighted by Crippen LogP contribution is -2.52. The number of hydrogen-bond acceptors (Lipinski definition) is 4. The van der Waals surface area contributed by atoms with Crippen LogP contribution in [0.5, 0.6) is 0 Å². The lowest BCUT2D eigenvalue weighted by atomic mass is 10.1. The van der Waals surface area contributed by atoms with Crippen LogP contribution >= 0.6 is 34.8 Å². The number of benzene rings is 3. The molecule has 4 rings (SSSR count). The number of anilines is 1. The zero-order valence-electron chi connectivity index (χ0n) is 22.8. The van der Waals surface area contributed by atoms with Gasteiger partial charge in [-0.05, 0) is 74.7 Å². The Morgan fingerprint density at radius 3 is 2.17 bits per heavy atom. The highest BCUT2D eigenvalue weighted by Gasteiger charge is 2.33. The van der Waals surface area contributed by atoms with Gasteiger partial charge in [-0.2, -0.15) is 0 Å². The first-order valence-electron chi connectivity index (χ1n) is 13.3. The summed E-state index contributed by atoms with van der Waals surface area (Å²) in [5, 5.41) is 3.97. The van der Waals surface area contributed by atoms with E-state index in [0.717, 1.165) is 41.1 Å². The molecular formula is C30H32Cl3N3O4S. The topological polar surface area (TPSA) is 86.8 Å². The van der Waals surface area contributed by atoms with Crippen LogP contribution in [-0.4, -0.2) is 43.8 Å². The number of nitrogens with zero attached hydrogens (tertiary/aromatic N) is 2. The lowest BCUT2D eigenvalue weighted by molar-refractivity contribution is -0.139. The van der Waals surface area contributed by atoms with Crippen LogP contribution in [0.15, 0.2) is 71.6 Å². The maximum atomic E-state index is 14.0. The van der Waals surface area contributed by atoms with Crippen LogP contribution in [0.4, 0.5) is 5.69 Å². The van der Waals surface area contributed by atoms with E-state index in [1.54, 1.807) is 43.3 Å². The molecule has 1 atom stereocenters. The predicted molar refractivity (Wildman–Crippen MR) is 164 cm³/mol. The zero-order valence-corrected chi connectivity index (χ0v) is 25.9. The summed E-state index contributed by atoms with van der Waals surface area (Å²) in [7, 11) is -4.21. The van der Waals surface area contributed by atoms with Crippen LogP contribution in [0.1, 0.15) is 43.7 Å². The van der Waals surface area contributed by atoms with Crippen LogP contribution in [-0.2, 0) is 26.2 Å². The number of carbonyl (C=O) groups excluding carboxylic acids is 2. The first-order chi connectivity index (χ1) is 19.5. The van der Waals surface area contributed by atoms with Crippen molar-refractivity contribution in [2.45, 2.75) is 63.1 Å². The molecule has 2 amide bonds. The maximum absolute atomic E-state index is 14.0. The van der Waals surface area contributed by atoms with Gasteiger partial charge in [0.1, 0.15) is 12.6 Å². The summed E-state index contributed by atoms with van der Waals surface area (Å²) in [4.78, 5) is 28.7. The highest BCUT2D eigenvalue weighted by atomic mass is 35.5. The molecule has 1 saturated carbocycles.